The van der Waals surface area contributed by atoms with Gasteiger partial charge in [-0.15, -0.1) is 11.6 Å². The molecule has 1 rings (SSSR count). The van der Waals surface area contributed by atoms with E-state index in [4.69, 9.17) is 16.7 Å². The number of aromatic carboxylic acids is 1. The van der Waals surface area contributed by atoms with Gasteiger partial charge in [-0.3, -0.25) is 4.79 Å². The molecule has 0 saturated heterocycles. The summed E-state index contributed by atoms with van der Waals surface area (Å²) in [4.78, 5) is 27.0. The smallest absolute Gasteiger partial charge is 0.354 e. The van der Waals surface area contributed by atoms with Gasteiger partial charge in [0.1, 0.15) is 5.82 Å². The number of carboxylic acid groups (broad SMARTS) is 1. The number of rotatable bonds is 2. The Morgan fingerprint density at radius 2 is 2.42 bits per heavy atom. The molecule has 0 unspecified atom stereocenters. The number of alkyl halides is 1. The van der Waals surface area contributed by atoms with E-state index in [1.54, 1.807) is 0 Å². The minimum Gasteiger partial charge on any atom is -0.477 e. The Labute approximate surface area is 72.0 Å². The van der Waals surface area contributed by atoms with Gasteiger partial charge in [0.15, 0.2) is 5.69 Å². The monoisotopic (exact) mass is 188 g/mol. The van der Waals surface area contributed by atoms with Gasteiger partial charge in [-0.25, -0.2) is 9.78 Å². The molecule has 1 aromatic rings. The molecular formula is C6H5ClN2O3. The zero-order valence-corrected chi connectivity index (χ0v) is 6.63. The molecule has 0 fully saturated rings. The molecule has 1 aromatic heterocycles. The van der Waals surface area contributed by atoms with Crippen molar-refractivity contribution in [2.45, 2.75) is 5.88 Å². The fourth-order valence-corrected chi connectivity index (χ4v) is 0.808. The van der Waals surface area contributed by atoms with Crippen LogP contribution in [0.1, 0.15) is 16.3 Å². The lowest BCUT2D eigenvalue weighted by molar-refractivity contribution is 0.0689. The molecule has 0 spiro atoms. The average Bonchev–Trinajstić information content (AvgIpc) is 2.03. The quantitative estimate of drug-likeness (QED) is 0.650. The van der Waals surface area contributed by atoms with Gasteiger partial charge in [-0.2, -0.15) is 0 Å². The van der Waals surface area contributed by atoms with E-state index in [0.29, 0.717) is 0 Å². The van der Waals surface area contributed by atoms with Crippen LogP contribution in [-0.4, -0.2) is 21.0 Å². The highest BCUT2D eigenvalue weighted by Gasteiger charge is 2.06. The Morgan fingerprint density at radius 3 is 2.92 bits per heavy atom. The van der Waals surface area contributed by atoms with Crippen molar-refractivity contribution in [1.82, 2.24) is 9.97 Å². The standard InChI is InChI=1S/C6H5ClN2O3/c7-2-4-8-3(6(11)12)1-5(10)9-4/h1H,2H2,(H,11,12)(H,8,9,10). The van der Waals surface area contributed by atoms with Crippen molar-refractivity contribution in [3.63, 3.8) is 0 Å². The van der Waals surface area contributed by atoms with Gasteiger partial charge in [0.2, 0.25) is 0 Å². The summed E-state index contributed by atoms with van der Waals surface area (Å²) in [5.41, 5.74) is -0.813. The maximum Gasteiger partial charge on any atom is 0.354 e. The summed E-state index contributed by atoms with van der Waals surface area (Å²) in [7, 11) is 0. The minimum atomic E-state index is -1.24. The highest BCUT2D eigenvalue weighted by Crippen LogP contribution is 1.95. The zero-order chi connectivity index (χ0) is 9.14. The normalized spacial score (nSPS) is 9.75. The first-order valence-electron chi connectivity index (χ1n) is 3.03. The van der Waals surface area contributed by atoms with E-state index >= 15 is 0 Å². The molecule has 5 nitrogen and oxygen atoms in total. The number of nitrogens with zero attached hydrogens (tertiary/aromatic N) is 1. The van der Waals surface area contributed by atoms with Gasteiger partial charge >= 0.3 is 5.97 Å². The van der Waals surface area contributed by atoms with E-state index in [-0.39, 0.29) is 17.4 Å². The summed E-state index contributed by atoms with van der Waals surface area (Å²) in [6.07, 6.45) is 0. The van der Waals surface area contributed by atoms with Gasteiger partial charge in [0.05, 0.1) is 5.88 Å². The van der Waals surface area contributed by atoms with Crippen LogP contribution in [0.3, 0.4) is 0 Å². The second-order valence-electron chi connectivity index (χ2n) is 2.02. The Bertz CT molecular complexity index is 360. The lowest BCUT2D eigenvalue weighted by Gasteiger charge is -1.95. The van der Waals surface area contributed by atoms with Crippen molar-refractivity contribution in [2.24, 2.45) is 0 Å². The second-order valence-corrected chi connectivity index (χ2v) is 2.28. The van der Waals surface area contributed by atoms with Crippen LogP contribution in [0.2, 0.25) is 0 Å². The topological polar surface area (TPSA) is 83.0 Å². The predicted octanol–water partition coefficient (Wildman–Crippen LogP) is 0.207. The SMILES string of the molecule is O=C(O)c1cc(=O)[nH]c(CCl)n1. The molecule has 0 aromatic carbocycles. The van der Waals surface area contributed by atoms with Gasteiger partial charge in [-0.1, -0.05) is 0 Å². The number of carboxylic acids is 1. The van der Waals surface area contributed by atoms with Crippen molar-refractivity contribution in [1.29, 1.82) is 0 Å². The van der Waals surface area contributed by atoms with Gasteiger partial charge in [0.25, 0.3) is 5.56 Å². The number of nitrogens with one attached hydrogen (secondary N) is 1. The van der Waals surface area contributed by atoms with Crippen molar-refractivity contribution < 1.29 is 9.90 Å². The molecule has 0 aliphatic carbocycles. The molecule has 0 bridgehead atoms. The molecular weight excluding hydrogens is 184 g/mol. The van der Waals surface area contributed by atoms with E-state index in [2.05, 4.69) is 9.97 Å². The van der Waals surface area contributed by atoms with Gasteiger partial charge in [-0.05, 0) is 0 Å². The first-order valence-corrected chi connectivity index (χ1v) is 3.56. The van der Waals surface area contributed by atoms with E-state index < -0.39 is 11.5 Å². The molecule has 12 heavy (non-hydrogen) atoms. The molecule has 0 saturated carbocycles. The number of hydrogen-bond donors (Lipinski definition) is 2. The number of aromatic amines is 1. The Kier molecular flexibility index (Phi) is 2.44. The molecule has 0 atom stereocenters. The summed E-state index contributed by atoms with van der Waals surface area (Å²) >= 11 is 5.35. The summed E-state index contributed by atoms with van der Waals surface area (Å²) < 4.78 is 0. The Balaban J connectivity index is 3.24. The maximum atomic E-state index is 10.8. The van der Waals surface area contributed by atoms with E-state index in [0.717, 1.165) is 6.07 Å². The molecule has 0 radical (unpaired) electrons. The third-order valence-electron chi connectivity index (χ3n) is 1.14. The third kappa shape index (κ3) is 1.82. The Hall–Kier alpha value is -1.36. The molecule has 0 amide bonds. The highest BCUT2D eigenvalue weighted by molar-refractivity contribution is 6.16. The largest absolute Gasteiger partial charge is 0.477 e. The average molecular weight is 189 g/mol. The van der Waals surface area contributed by atoms with Crippen LogP contribution >= 0.6 is 11.6 Å². The summed E-state index contributed by atoms with van der Waals surface area (Å²) in [5, 5.41) is 8.47. The minimum absolute atomic E-state index is 0.0175. The maximum absolute atomic E-state index is 10.8. The van der Waals surface area contributed by atoms with E-state index in [9.17, 15) is 9.59 Å². The van der Waals surface area contributed by atoms with Crippen LogP contribution in [0, 0.1) is 0 Å². The van der Waals surface area contributed by atoms with Crippen LogP contribution in [0.15, 0.2) is 10.9 Å². The van der Waals surface area contributed by atoms with Crippen LogP contribution in [0.4, 0.5) is 0 Å². The first kappa shape index (κ1) is 8.73. The third-order valence-corrected chi connectivity index (χ3v) is 1.39. The number of H-pyrrole nitrogens is 1. The summed E-state index contributed by atoms with van der Waals surface area (Å²) in [6.45, 7) is 0. The lowest BCUT2D eigenvalue weighted by Crippen LogP contribution is -2.14. The first-order chi connectivity index (χ1) is 5.63. The van der Waals surface area contributed by atoms with Crippen molar-refractivity contribution in [2.75, 3.05) is 0 Å². The summed E-state index contributed by atoms with van der Waals surface area (Å²) in [5.74, 6) is -1.11. The Morgan fingerprint density at radius 1 is 1.75 bits per heavy atom. The van der Waals surface area contributed by atoms with Crippen LogP contribution in [0.25, 0.3) is 0 Å². The summed E-state index contributed by atoms with van der Waals surface area (Å²) in [6, 6.07) is 0.901. The molecule has 2 N–H and O–H groups in total. The van der Waals surface area contributed by atoms with Crippen LogP contribution in [0.5, 0.6) is 0 Å². The lowest BCUT2D eigenvalue weighted by atomic mass is 10.4. The van der Waals surface area contributed by atoms with Gasteiger partial charge in [0, 0.05) is 6.07 Å². The fourth-order valence-electron chi connectivity index (χ4n) is 0.681. The van der Waals surface area contributed by atoms with E-state index in [1.165, 1.54) is 0 Å². The van der Waals surface area contributed by atoms with Crippen LogP contribution < -0.4 is 5.56 Å². The molecule has 6 heteroatoms. The molecule has 64 valence electrons. The van der Waals surface area contributed by atoms with Crippen molar-refractivity contribution in [3.05, 3.63) is 27.9 Å². The number of aromatic nitrogens is 2. The van der Waals surface area contributed by atoms with E-state index in [1.807, 2.05) is 0 Å². The number of carbonyl (C=O) groups is 1. The van der Waals surface area contributed by atoms with Crippen molar-refractivity contribution in [3.8, 4) is 0 Å². The second kappa shape index (κ2) is 3.36. The number of halogens is 1. The predicted molar refractivity (Wildman–Crippen MR) is 41.4 cm³/mol. The molecule has 0 aliphatic rings. The van der Waals surface area contributed by atoms with Crippen molar-refractivity contribution >= 4 is 17.6 Å². The highest BCUT2D eigenvalue weighted by atomic mass is 35.5. The zero-order valence-electron chi connectivity index (χ0n) is 5.87. The van der Waals surface area contributed by atoms with Gasteiger partial charge < -0.3 is 10.1 Å². The fraction of sp³-hybridized carbons (Fsp3) is 0.167. The van der Waals surface area contributed by atoms with Crippen LogP contribution in [-0.2, 0) is 5.88 Å². The number of hydrogen-bond acceptors (Lipinski definition) is 3. The molecule has 1 heterocycles. The molecule has 0 aliphatic heterocycles.